The van der Waals surface area contributed by atoms with E-state index in [9.17, 15) is 9.59 Å². The van der Waals surface area contributed by atoms with E-state index in [4.69, 9.17) is 4.74 Å². The van der Waals surface area contributed by atoms with Crippen molar-refractivity contribution in [2.24, 2.45) is 0 Å². The van der Waals surface area contributed by atoms with Gasteiger partial charge in [-0.25, -0.2) is 4.98 Å². The summed E-state index contributed by atoms with van der Waals surface area (Å²) < 4.78 is 7.17. The molecule has 2 aromatic heterocycles. The Hall–Kier alpha value is -1.77. The fourth-order valence-corrected chi connectivity index (χ4v) is 5.06. The summed E-state index contributed by atoms with van der Waals surface area (Å²) >= 11 is 1.33. The van der Waals surface area contributed by atoms with Gasteiger partial charge in [-0.15, -0.1) is 11.3 Å². The van der Waals surface area contributed by atoms with Crippen LogP contribution in [0.15, 0.2) is 4.79 Å². The van der Waals surface area contributed by atoms with Crippen LogP contribution in [0.1, 0.15) is 41.3 Å². The van der Waals surface area contributed by atoms with Gasteiger partial charge in [-0.2, -0.15) is 0 Å². The number of carbonyl (C=O) groups is 1. The molecule has 2 aromatic rings. The molecule has 0 atom stereocenters. The van der Waals surface area contributed by atoms with Crippen LogP contribution in [0, 0.1) is 6.92 Å². The van der Waals surface area contributed by atoms with Gasteiger partial charge in [0.1, 0.15) is 10.7 Å². The number of nitrogens with zero attached hydrogens (tertiary/aromatic N) is 3. The molecule has 8 heteroatoms. The van der Waals surface area contributed by atoms with Crippen LogP contribution in [0.5, 0.6) is 0 Å². The highest BCUT2D eigenvalue weighted by Crippen LogP contribution is 2.28. The summed E-state index contributed by atoms with van der Waals surface area (Å²) in [6.07, 6.45) is 1.79. The minimum Gasteiger partial charge on any atom is -0.379 e. The number of carbonyl (C=O) groups excluding carboxylic acids is 1. The SMILES string of the molecule is Cc1c(C(=O)NCC(C)(C)N2CCOCC2)sc2nc3n(c(=O)c12)CCC3. The summed E-state index contributed by atoms with van der Waals surface area (Å²) in [6, 6.07) is 0. The summed E-state index contributed by atoms with van der Waals surface area (Å²) in [5.74, 6) is 0.718. The lowest BCUT2D eigenvalue weighted by atomic mass is 10.0. The third-order valence-corrected chi connectivity index (χ3v) is 6.85. The van der Waals surface area contributed by atoms with Gasteiger partial charge >= 0.3 is 0 Å². The van der Waals surface area contributed by atoms with Crippen LogP contribution in [-0.2, 0) is 17.7 Å². The van der Waals surface area contributed by atoms with Crippen LogP contribution in [0.4, 0.5) is 0 Å². The highest BCUT2D eigenvalue weighted by molar-refractivity contribution is 7.20. The minimum atomic E-state index is -0.150. The van der Waals surface area contributed by atoms with Crippen molar-refractivity contribution in [3.05, 3.63) is 26.6 Å². The number of rotatable bonds is 4. The number of amides is 1. The molecular formula is C19H26N4O3S. The Balaban J connectivity index is 1.55. The van der Waals surface area contributed by atoms with Gasteiger partial charge in [0, 0.05) is 38.1 Å². The molecule has 2 aliphatic heterocycles. The number of aromatic nitrogens is 2. The largest absolute Gasteiger partial charge is 0.379 e. The average molecular weight is 391 g/mol. The summed E-state index contributed by atoms with van der Waals surface area (Å²) in [5, 5.41) is 3.67. The predicted molar refractivity (Wildman–Crippen MR) is 106 cm³/mol. The van der Waals surface area contributed by atoms with E-state index in [0.717, 1.165) is 57.1 Å². The van der Waals surface area contributed by atoms with Gasteiger partial charge in [0.2, 0.25) is 0 Å². The molecular weight excluding hydrogens is 364 g/mol. The first-order valence-corrected chi connectivity index (χ1v) is 10.3. The van der Waals surface area contributed by atoms with E-state index >= 15 is 0 Å². The molecule has 7 nitrogen and oxygen atoms in total. The van der Waals surface area contributed by atoms with E-state index in [2.05, 4.69) is 29.0 Å². The molecule has 0 unspecified atom stereocenters. The molecule has 0 aliphatic carbocycles. The van der Waals surface area contributed by atoms with Gasteiger partial charge in [-0.3, -0.25) is 19.1 Å². The molecule has 0 spiro atoms. The number of hydrogen-bond acceptors (Lipinski definition) is 6. The quantitative estimate of drug-likeness (QED) is 0.857. The van der Waals surface area contributed by atoms with Crippen LogP contribution in [-0.4, -0.2) is 58.7 Å². The van der Waals surface area contributed by atoms with E-state index < -0.39 is 0 Å². The van der Waals surface area contributed by atoms with Crippen molar-refractivity contribution < 1.29 is 9.53 Å². The van der Waals surface area contributed by atoms with Crippen molar-refractivity contribution in [1.82, 2.24) is 19.8 Å². The normalized spacial score (nSPS) is 18.0. The first kappa shape index (κ1) is 18.6. The molecule has 0 radical (unpaired) electrons. The molecule has 27 heavy (non-hydrogen) atoms. The molecule has 4 rings (SSSR count). The summed E-state index contributed by atoms with van der Waals surface area (Å²) in [4.78, 5) is 33.9. The second-order valence-corrected chi connectivity index (χ2v) is 8.92. The Morgan fingerprint density at radius 3 is 2.78 bits per heavy atom. The van der Waals surface area contributed by atoms with E-state index in [0.29, 0.717) is 21.6 Å². The van der Waals surface area contributed by atoms with Crippen LogP contribution < -0.4 is 10.9 Å². The molecule has 1 N–H and O–H groups in total. The lowest BCUT2D eigenvalue weighted by Crippen LogP contribution is -2.55. The topological polar surface area (TPSA) is 76.5 Å². The van der Waals surface area contributed by atoms with Crippen LogP contribution in [0.25, 0.3) is 10.2 Å². The fourth-order valence-electron chi connectivity index (χ4n) is 3.95. The zero-order chi connectivity index (χ0) is 19.2. The Morgan fingerprint density at radius 1 is 1.30 bits per heavy atom. The van der Waals surface area contributed by atoms with Crippen LogP contribution in [0.3, 0.4) is 0 Å². The van der Waals surface area contributed by atoms with Gasteiger partial charge in [0.05, 0.1) is 23.5 Å². The number of ether oxygens (including phenoxy) is 1. The van der Waals surface area contributed by atoms with Crippen molar-refractivity contribution in [3.8, 4) is 0 Å². The Morgan fingerprint density at radius 2 is 2.04 bits per heavy atom. The van der Waals surface area contributed by atoms with E-state index in [1.165, 1.54) is 11.3 Å². The van der Waals surface area contributed by atoms with Crippen LogP contribution in [0.2, 0.25) is 0 Å². The Labute approximate surface area is 162 Å². The van der Waals surface area contributed by atoms with E-state index in [1.807, 2.05) is 6.92 Å². The molecule has 0 bridgehead atoms. The number of morpholine rings is 1. The maximum atomic E-state index is 12.8. The van der Waals surface area contributed by atoms with Crippen molar-refractivity contribution in [2.75, 3.05) is 32.8 Å². The van der Waals surface area contributed by atoms with Gasteiger partial charge < -0.3 is 10.1 Å². The minimum absolute atomic E-state index is 0.00561. The monoisotopic (exact) mass is 390 g/mol. The number of nitrogens with one attached hydrogen (secondary N) is 1. The van der Waals surface area contributed by atoms with Crippen molar-refractivity contribution in [1.29, 1.82) is 0 Å². The van der Waals surface area contributed by atoms with Crippen molar-refractivity contribution >= 4 is 27.5 Å². The average Bonchev–Trinajstić information content (AvgIpc) is 3.26. The van der Waals surface area contributed by atoms with Gasteiger partial charge in [-0.05, 0) is 32.8 Å². The maximum Gasteiger partial charge on any atom is 0.262 e. The maximum absolute atomic E-state index is 12.8. The molecule has 1 saturated heterocycles. The predicted octanol–water partition coefficient (Wildman–Crippen LogP) is 1.55. The summed E-state index contributed by atoms with van der Waals surface area (Å²) in [5.41, 5.74) is 0.591. The first-order valence-electron chi connectivity index (χ1n) is 9.52. The second-order valence-electron chi connectivity index (χ2n) is 7.92. The third-order valence-electron chi connectivity index (χ3n) is 5.67. The highest BCUT2D eigenvalue weighted by Gasteiger charge is 2.30. The molecule has 2 aliphatic rings. The summed E-state index contributed by atoms with van der Waals surface area (Å²) in [7, 11) is 0. The zero-order valence-electron chi connectivity index (χ0n) is 16.1. The lowest BCUT2D eigenvalue weighted by molar-refractivity contribution is -0.00922. The highest BCUT2D eigenvalue weighted by atomic mass is 32.1. The van der Waals surface area contributed by atoms with Crippen molar-refractivity contribution in [2.45, 2.75) is 45.7 Å². The molecule has 1 fully saturated rings. The standard InChI is InChI=1S/C19H26N4O3S/c1-12-14-17(21-13-5-4-6-23(13)18(14)25)27-15(12)16(24)20-11-19(2,3)22-7-9-26-10-8-22/h4-11H2,1-3H3,(H,20,24). The fraction of sp³-hybridized carbons (Fsp3) is 0.632. The van der Waals surface area contributed by atoms with Gasteiger partial charge in [0.15, 0.2) is 0 Å². The van der Waals surface area contributed by atoms with E-state index in [1.54, 1.807) is 4.57 Å². The number of thiophene rings is 1. The number of fused-ring (bicyclic) bond motifs is 2. The lowest BCUT2D eigenvalue weighted by Gasteiger charge is -2.40. The molecule has 1 amide bonds. The van der Waals surface area contributed by atoms with Gasteiger partial charge in [0.25, 0.3) is 11.5 Å². The molecule has 0 aromatic carbocycles. The molecule has 146 valence electrons. The third kappa shape index (κ3) is 3.30. The van der Waals surface area contributed by atoms with E-state index in [-0.39, 0.29) is 17.0 Å². The molecule has 0 saturated carbocycles. The van der Waals surface area contributed by atoms with Crippen LogP contribution >= 0.6 is 11.3 Å². The smallest absolute Gasteiger partial charge is 0.262 e. The Kier molecular flexibility index (Phi) is 4.82. The number of hydrogen-bond donors (Lipinski definition) is 1. The molecule has 4 heterocycles. The second kappa shape index (κ2) is 7.00. The number of aryl methyl sites for hydroxylation is 2. The first-order chi connectivity index (χ1) is 12.9. The zero-order valence-corrected chi connectivity index (χ0v) is 16.9. The van der Waals surface area contributed by atoms with Gasteiger partial charge in [-0.1, -0.05) is 0 Å². The Bertz CT molecular complexity index is 941. The van der Waals surface area contributed by atoms with Crippen molar-refractivity contribution in [3.63, 3.8) is 0 Å². The summed E-state index contributed by atoms with van der Waals surface area (Å²) in [6.45, 7) is 10.6.